The van der Waals surface area contributed by atoms with Crippen LogP contribution in [0.15, 0.2) is 112 Å². The minimum atomic E-state index is -1.15. The highest BCUT2D eigenvalue weighted by Crippen LogP contribution is 2.45. The van der Waals surface area contributed by atoms with Crippen molar-refractivity contribution in [3.8, 4) is 23.3 Å². The van der Waals surface area contributed by atoms with Crippen LogP contribution in [0.25, 0.3) is 0 Å². The van der Waals surface area contributed by atoms with Crippen molar-refractivity contribution in [2.45, 2.75) is 55.3 Å². The number of aliphatic hydroxyl groups is 1. The van der Waals surface area contributed by atoms with E-state index in [-0.39, 0.29) is 49.1 Å². The number of anilines is 1. The van der Waals surface area contributed by atoms with Crippen molar-refractivity contribution in [1.29, 1.82) is 0 Å². The predicted octanol–water partition coefficient (Wildman–Crippen LogP) is 3.48. The maximum absolute atomic E-state index is 13.4. The maximum Gasteiger partial charge on any atom is 0.351 e. The SMILES string of the molecule is COc1ccc(C(O[C@H]2C[C@H](n3ccc(NCC(=O)NCC#Cc4cn([C@H]5C[C@H](O)[C@@H](CCl)O5)c(=O)[nH]c4=O)nc3=O)O[C@@H]2CCl)(c2ccccc2)c2ccc(OC)cc2)cc1. The van der Waals surface area contributed by atoms with Gasteiger partial charge < -0.3 is 39.4 Å². The van der Waals surface area contributed by atoms with Crippen molar-refractivity contribution >= 4 is 34.9 Å². The molecule has 6 atom stereocenters. The van der Waals surface area contributed by atoms with Gasteiger partial charge in [0.05, 0.1) is 63.5 Å². The number of rotatable bonds is 15. The van der Waals surface area contributed by atoms with Crippen LogP contribution in [-0.2, 0) is 24.6 Å². The number of ether oxygens (including phenoxy) is 5. The Labute approximate surface area is 365 Å². The van der Waals surface area contributed by atoms with Crippen molar-refractivity contribution in [2.75, 3.05) is 44.4 Å². The highest BCUT2D eigenvalue weighted by Gasteiger charge is 2.46. The van der Waals surface area contributed by atoms with Crippen LogP contribution >= 0.6 is 23.2 Å². The molecule has 0 aliphatic carbocycles. The van der Waals surface area contributed by atoms with Crippen LogP contribution in [0.5, 0.6) is 11.5 Å². The number of amides is 1. The Kier molecular flexibility index (Phi) is 14.1. The van der Waals surface area contributed by atoms with Gasteiger partial charge in [-0.2, -0.15) is 4.98 Å². The molecule has 2 aliphatic heterocycles. The van der Waals surface area contributed by atoms with Crippen LogP contribution in [0.3, 0.4) is 0 Å². The molecule has 2 aromatic heterocycles. The molecule has 7 rings (SSSR count). The molecular weight excluding hydrogens is 843 g/mol. The number of hydrogen-bond donors (Lipinski definition) is 4. The molecule has 2 saturated heterocycles. The van der Waals surface area contributed by atoms with Crippen LogP contribution in [0.2, 0.25) is 0 Å². The van der Waals surface area contributed by atoms with E-state index < -0.39 is 65.3 Å². The van der Waals surface area contributed by atoms with E-state index in [0.717, 1.165) is 21.3 Å². The van der Waals surface area contributed by atoms with Gasteiger partial charge in [-0.25, -0.2) is 9.59 Å². The number of alkyl halides is 2. The molecule has 0 radical (unpaired) electrons. The van der Waals surface area contributed by atoms with Crippen molar-refractivity contribution in [3.63, 3.8) is 0 Å². The first-order chi connectivity index (χ1) is 30.1. The maximum atomic E-state index is 13.4. The van der Waals surface area contributed by atoms with Gasteiger partial charge in [0.15, 0.2) is 0 Å². The summed E-state index contributed by atoms with van der Waals surface area (Å²) in [6.45, 7) is -0.372. The molecule has 0 unspecified atom stereocenters. The number of halogens is 2. The summed E-state index contributed by atoms with van der Waals surface area (Å²) in [6.07, 6.45) is -1.20. The van der Waals surface area contributed by atoms with Gasteiger partial charge in [-0.1, -0.05) is 66.4 Å². The van der Waals surface area contributed by atoms with Crippen molar-refractivity contribution in [3.05, 3.63) is 151 Å². The number of hydrogen-bond acceptors (Lipinski definition) is 12. The Hall–Kier alpha value is -5.93. The van der Waals surface area contributed by atoms with E-state index in [1.54, 1.807) is 20.3 Å². The number of nitrogens with one attached hydrogen (secondary N) is 3. The van der Waals surface area contributed by atoms with E-state index in [9.17, 15) is 24.3 Å². The van der Waals surface area contributed by atoms with Crippen molar-refractivity contribution < 1.29 is 33.6 Å². The first kappa shape index (κ1) is 44.1. The van der Waals surface area contributed by atoms with Crippen LogP contribution < -0.4 is 37.0 Å². The molecule has 18 heteroatoms. The summed E-state index contributed by atoms with van der Waals surface area (Å²) in [4.78, 5) is 57.2. The minimum Gasteiger partial charge on any atom is -0.497 e. The third-order valence-corrected chi connectivity index (χ3v) is 11.2. The number of benzene rings is 3. The number of aromatic nitrogens is 4. The van der Waals surface area contributed by atoms with Gasteiger partial charge in [-0.3, -0.25) is 23.7 Å². The fourth-order valence-corrected chi connectivity index (χ4v) is 8.00. The highest BCUT2D eigenvalue weighted by atomic mass is 35.5. The Morgan fingerprint density at radius 1 is 0.871 bits per heavy atom. The Morgan fingerprint density at radius 2 is 1.48 bits per heavy atom. The number of aromatic amines is 1. The summed E-state index contributed by atoms with van der Waals surface area (Å²) in [5.74, 6) is 6.48. The lowest BCUT2D eigenvalue weighted by Gasteiger charge is -2.39. The van der Waals surface area contributed by atoms with Gasteiger partial charge >= 0.3 is 11.4 Å². The molecule has 2 fully saturated rings. The lowest BCUT2D eigenvalue weighted by atomic mass is 9.79. The van der Waals surface area contributed by atoms with E-state index in [0.29, 0.717) is 11.5 Å². The average molecular weight is 888 g/mol. The summed E-state index contributed by atoms with van der Waals surface area (Å²) in [6, 6.07) is 26.7. The molecule has 62 heavy (non-hydrogen) atoms. The molecule has 2 aliphatic rings. The van der Waals surface area contributed by atoms with Crippen molar-refractivity contribution in [2.24, 2.45) is 0 Å². The second kappa shape index (κ2) is 19.8. The van der Waals surface area contributed by atoms with E-state index >= 15 is 0 Å². The molecule has 1 amide bonds. The second-order valence-corrected chi connectivity index (χ2v) is 15.0. The molecular formula is C44H44Cl2N6O10. The summed E-state index contributed by atoms with van der Waals surface area (Å²) in [7, 11) is 3.21. The number of nitrogens with zero attached hydrogens (tertiary/aromatic N) is 3. The molecule has 0 bridgehead atoms. The van der Waals surface area contributed by atoms with Gasteiger partial charge in [-0.15, -0.1) is 23.2 Å². The summed E-state index contributed by atoms with van der Waals surface area (Å²) in [5.41, 5.74) is -0.742. The zero-order chi connectivity index (χ0) is 43.8. The number of aliphatic hydroxyl groups excluding tert-OH is 1. The second-order valence-electron chi connectivity index (χ2n) is 14.4. The third kappa shape index (κ3) is 9.58. The molecule has 4 heterocycles. The van der Waals surface area contributed by atoms with Gasteiger partial charge in [0.2, 0.25) is 5.91 Å². The van der Waals surface area contributed by atoms with Gasteiger partial charge in [0.25, 0.3) is 5.56 Å². The standard InChI is InChI=1S/C44H44Cl2N6O10/c1-58-31-14-10-29(11-15-31)44(28-8-4-3-5-9-28,30-12-16-32(59-2)17-13-30)62-34-22-40(61-36(34)24-46)51-20-18-37(49-42(51)56)48-25-38(54)47-19-6-7-27-26-52(43(57)50-41(27)55)39-21-33(53)35(23-45)60-39/h3-5,8-18,20,26,33-36,39-40,53H,19,21-25H2,1-2H3,(H,47,54)(H,48,49,56)(H,50,55,57)/t33-,34-,35+,36+,39+,40+/m0/s1. The molecule has 0 spiro atoms. The number of methoxy groups -OCH3 is 2. The molecule has 324 valence electrons. The highest BCUT2D eigenvalue weighted by molar-refractivity contribution is 6.18. The predicted molar refractivity (Wildman–Crippen MR) is 230 cm³/mol. The van der Waals surface area contributed by atoms with Crippen molar-refractivity contribution in [1.82, 2.24) is 24.4 Å². The fraction of sp³-hybridized carbons (Fsp3) is 0.341. The number of H-pyrrole nitrogens is 1. The van der Waals surface area contributed by atoms with Crippen LogP contribution in [-0.4, -0.2) is 93.6 Å². The Morgan fingerprint density at radius 3 is 2.08 bits per heavy atom. The van der Waals surface area contributed by atoms with E-state index in [2.05, 4.69) is 32.4 Å². The molecule has 3 aromatic carbocycles. The van der Waals surface area contributed by atoms with E-state index in [4.69, 9.17) is 46.9 Å². The topological polar surface area (TPSA) is 197 Å². The fourth-order valence-electron chi connectivity index (χ4n) is 7.45. The lowest BCUT2D eigenvalue weighted by Crippen LogP contribution is -2.40. The average Bonchev–Trinajstić information content (AvgIpc) is 3.89. The number of carbonyl (C=O) groups excluding carboxylic acids is 1. The van der Waals surface area contributed by atoms with E-state index in [1.807, 2.05) is 78.9 Å². The Balaban J connectivity index is 1.02. The minimum absolute atomic E-state index is 0.0349. The molecule has 5 aromatic rings. The van der Waals surface area contributed by atoms with Crippen LogP contribution in [0.4, 0.5) is 5.82 Å². The first-order valence-corrected chi connectivity index (χ1v) is 20.7. The zero-order valence-electron chi connectivity index (χ0n) is 33.7. The number of carbonyl (C=O) groups is 1. The largest absolute Gasteiger partial charge is 0.497 e. The lowest BCUT2D eigenvalue weighted by molar-refractivity contribution is -0.119. The third-order valence-electron chi connectivity index (χ3n) is 10.6. The summed E-state index contributed by atoms with van der Waals surface area (Å²) < 4.78 is 32.7. The zero-order valence-corrected chi connectivity index (χ0v) is 35.2. The molecule has 16 nitrogen and oxygen atoms in total. The normalized spacial score (nSPS) is 20.9. The summed E-state index contributed by atoms with van der Waals surface area (Å²) >= 11 is 12.3. The molecule has 0 saturated carbocycles. The van der Waals surface area contributed by atoms with Crippen LogP contribution in [0, 0.1) is 11.8 Å². The summed E-state index contributed by atoms with van der Waals surface area (Å²) in [5, 5.41) is 15.5. The monoisotopic (exact) mass is 886 g/mol. The van der Waals surface area contributed by atoms with Crippen LogP contribution in [0.1, 0.15) is 47.6 Å². The quantitative estimate of drug-likeness (QED) is 0.0680. The van der Waals surface area contributed by atoms with Gasteiger partial charge in [-0.05, 0) is 47.0 Å². The van der Waals surface area contributed by atoms with E-state index in [1.165, 1.54) is 17.0 Å². The smallest absolute Gasteiger partial charge is 0.351 e. The molecule has 4 N–H and O–H groups in total. The Bertz CT molecular complexity index is 2530. The first-order valence-electron chi connectivity index (χ1n) is 19.6. The van der Waals surface area contributed by atoms with Gasteiger partial charge in [0.1, 0.15) is 40.9 Å². The van der Waals surface area contributed by atoms with Gasteiger partial charge in [0, 0.05) is 25.2 Å².